The van der Waals surface area contributed by atoms with Crippen molar-refractivity contribution in [1.29, 1.82) is 0 Å². The van der Waals surface area contributed by atoms with Crippen molar-refractivity contribution in [3.05, 3.63) is 12.2 Å². The summed E-state index contributed by atoms with van der Waals surface area (Å²) in [6.07, 6.45) is 8.65. The number of nitrogens with zero attached hydrogens (tertiary/aromatic N) is 1. The van der Waals surface area contributed by atoms with Gasteiger partial charge < -0.3 is 5.11 Å². The molecule has 2 aliphatic carbocycles. The molecular formula is C16H23NO3. The molecule has 1 N–H and O–H groups in total. The fraction of sp³-hybridized carbons (Fsp3) is 0.750. The van der Waals surface area contributed by atoms with Crippen LogP contribution >= 0.6 is 0 Å². The second-order valence-electron chi connectivity index (χ2n) is 6.83. The third-order valence-corrected chi connectivity index (χ3v) is 5.26. The van der Waals surface area contributed by atoms with E-state index < -0.39 is 5.60 Å². The minimum atomic E-state index is -0.862. The Bertz CT molecular complexity index is 423. The van der Waals surface area contributed by atoms with Crippen LogP contribution in [0.15, 0.2) is 12.2 Å². The molecule has 1 heterocycles. The number of hydrogen-bond acceptors (Lipinski definition) is 3. The maximum absolute atomic E-state index is 12.4. The highest BCUT2D eigenvalue weighted by Gasteiger charge is 2.49. The fourth-order valence-corrected chi connectivity index (χ4v) is 3.78. The van der Waals surface area contributed by atoms with E-state index in [1.54, 1.807) is 0 Å². The van der Waals surface area contributed by atoms with E-state index in [1.165, 1.54) is 4.90 Å². The first-order valence-corrected chi connectivity index (χ1v) is 7.73. The summed E-state index contributed by atoms with van der Waals surface area (Å²) in [6, 6.07) is 0. The number of fused-ring (bicyclic) bond motifs is 1. The highest BCUT2D eigenvalue weighted by molar-refractivity contribution is 6.05. The molecule has 3 rings (SSSR count). The number of carbonyl (C=O) groups excluding carboxylic acids is 2. The number of aliphatic hydroxyl groups is 1. The average molecular weight is 277 g/mol. The van der Waals surface area contributed by atoms with Crippen molar-refractivity contribution < 1.29 is 14.7 Å². The summed E-state index contributed by atoms with van der Waals surface area (Å²) >= 11 is 0. The first-order valence-electron chi connectivity index (χ1n) is 7.73. The van der Waals surface area contributed by atoms with Gasteiger partial charge in [0.25, 0.3) is 0 Å². The molecule has 0 spiro atoms. The zero-order valence-corrected chi connectivity index (χ0v) is 12.0. The lowest BCUT2D eigenvalue weighted by atomic mass is 9.79. The summed E-state index contributed by atoms with van der Waals surface area (Å²) in [4.78, 5) is 26.1. The average Bonchev–Trinajstić information content (AvgIpc) is 2.68. The van der Waals surface area contributed by atoms with Crippen molar-refractivity contribution in [2.24, 2.45) is 17.8 Å². The maximum Gasteiger partial charge on any atom is 0.233 e. The molecule has 110 valence electrons. The van der Waals surface area contributed by atoms with Gasteiger partial charge >= 0.3 is 0 Å². The molecule has 0 bridgehead atoms. The van der Waals surface area contributed by atoms with Gasteiger partial charge in [-0.3, -0.25) is 14.5 Å². The van der Waals surface area contributed by atoms with Crippen molar-refractivity contribution in [3.63, 3.8) is 0 Å². The van der Waals surface area contributed by atoms with Crippen LogP contribution in [0.1, 0.15) is 45.4 Å². The van der Waals surface area contributed by atoms with Crippen molar-refractivity contribution >= 4 is 11.8 Å². The topological polar surface area (TPSA) is 57.6 Å². The lowest BCUT2D eigenvalue weighted by molar-refractivity contribution is -0.145. The molecule has 0 aromatic heterocycles. The van der Waals surface area contributed by atoms with Crippen LogP contribution in [0.5, 0.6) is 0 Å². The SMILES string of the molecule is CC1CCC(O)(CN2C(=O)[C@H]3CC=CC[C@H]3C2=O)CC1. The number of β-amino-alcohol motifs (C(OH)–C–C–N with tert-alkyl or cyclic N) is 1. The third kappa shape index (κ3) is 2.30. The van der Waals surface area contributed by atoms with E-state index in [1.807, 2.05) is 12.2 Å². The van der Waals surface area contributed by atoms with Gasteiger partial charge in [-0.05, 0) is 44.4 Å². The first-order chi connectivity index (χ1) is 9.50. The normalized spacial score (nSPS) is 41.1. The summed E-state index contributed by atoms with van der Waals surface area (Å²) < 4.78 is 0. The van der Waals surface area contributed by atoms with E-state index in [0.717, 1.165) is 12.8 Å². The Morgan fingerprint density at radius 3 is 2.15 bits per heavy atom. The molecule has 2 fully saturated rings. The largest absolute Gasteiger partial charge is 0.388 e. The molecule has 0 radical (unpaired) electrons. The Morgan fingerprint density at radius 2 is 1.65 bits per heavy atom. The molecule has 3 aliphatic rings. The number of likely N-dealkylation sites (tertiary alicyclic amines) is 1. The summed E-state index contributed by atoms with van der Waals surface area (Å²) in [5, 5.41) is 10.7. The van der Waals surface area contributed by atoms with Gasteiger partial charge in [0.2, 0.25) is 11.8 Å². The number of carbonyl (C=O) groups is 2. The van der Waals surface area contributed by atoms with Crippen LogP contribution in [-0.2, 0) is 9.59 Å². The predicted octanol–water partition coefficient (Wildman–Crippen LogP) is 1.88. The fourth-order valence-electron chi connectivity index (χ4n) is 3.78. The van der Waals surface area contributed by atoms with Gasteiger partial charge in [0.15, 0.2) is 0 Å². The molecule has 0 unspecified atom stereocenters. The molecule has 4 nitrogen and oxygen atoms in total. The monoisotopic (exact) mass is 277 g/mol. The molecule has 4 heteroatoms. The van der Waals surface area contributed by atoms with Gasteiger partial charge in [-0.1, -0.05) is 19.1 Å². The molecule has 1 saturated heterocycles. The predicted molar refractivity (Wildman–Crippen MR) is 74.7 cm³/mol. The maximum atomic E-state index is 12.4. The highest BCUT2D eigenvalue weighted by atomic mass is 16.3. The highest BCUT2D eigenvalue weighted by Crippen LogP contribution is 2.38. The van der Waals surface area contributed by atoms with Crippen LogP contribution in [0.2, 0.25) is 0 Å². The van der Waals surface area contributed by atoms with E-state index in [-0.39, 0.29) is 30.2 Å². The van der Waals surface area contributed by atoms with Gasteiger partial charge in [0, 0.05) is 0 Å². The Hall–Kier alpha value is -1.16. The second-order valence-corrected chi connectivity index (χ2v) is 6.83. The minimum Gasteiger partial charge on any atom is -0.388 e. The summed E-state index contributed by atoms with van der Waals surface area (Å²) in [7, 11) is 0. The molecule has 0 aromatic carbocycles. The van der Waals surface area contributed by atoms with Crippen LogP contribution in [0.25, 0.3) is 0 Å². The van der Waals surface area contributed by atoms with E-state index >= 15 is 0 Å². The number of hydrogen-bond donors (Lipinski definition) is 1. The second kappa shape index (κ2) is 4.99. The van der Waals surface area contributed by atoms with E-state index in [9.17, 15) is 14.7 Å². The van der Waals surface area contributed by atoms with Crippen LogP contribution in [0, 0.1) is 17.8 Å². The van der Waals surface area contributed by atoms with Crippen LogP contribution < -0.4 is 0 Å². The Labute approximate surface area is 119 Å². The molecule has 1 aliphatic heterocycles. The van der Waals surface area contributed by atoms with Crippen molar-refractivity contribution in [2.75, 3.05) is 6.54 Å². The van der Waals surface area contributed by atoms with Crippen molar-refractivity contribution in [2.45, 2.75) is 51.0 Å². The zero-order chi connectivity index (χ0) is 14.3. The minimum absolute atomic E-state index is 0.0728. The van der Waals surface area contributed by atoms with Gasteiger partial charge in [-0.25, -0.2) is 0 Å². The summed E-state index contributed by atoms with van der Waals surface area (Å²) in [5.74, 6) is 0.122. The number of amides is 2. The molecule has 2 amide bonds. The Kier molecular flexibility index (Phi) is 3.44. The smallest absolute Gasteiger partial charge is 0.233 e. The van der Waals surface area contributed by atoms with Crippen LogP contribution in [0.3, 0.4) is 0 Å². The number of rotatable bonds is 2. The number of allylic oxidation sites excluding steroid dienone is 2. The van der Waals surface area contributed by atoms with Gasteiger partial charge in [0.1, 0.15) is 0 Å². The Morgan fingerprint density at radius 1 is 1.15 bits per heavy atom. The molecule has 1 saturated carbocycles. The zero-order valence-electron chi connectivity index (χ0n) is 12.0. The molecule has 0 aromatic rings. The summed E-state index contributed by atoms with van der Waals surface area (Å²) in [6.45, 7) is 2.39. The van der Waals surface area contributed by atoms with Crippen molar-refractivity contribution in [1.82, 2.24) is 4.90 Å². The van der Waals surface area contributed by atoms with E-state index in [4.69, 9.17) is 0 Å². The molecule has 2 atom stereocenters. The number of imide groups is 1. The van der Waals surface area contributed by atoms with Crippen molar-refractivity contribution in [3.8, 4) is 0 Å². The standard InChI is InChI=1S/C16H23NO3/c1-11-6-8-16(20,9-7-11)10-17-14(18)12-4-2-3-5-13(12)15(17)19/h2-3,11-13,20H,4-10H2,1H3/t11?,12-,13+,16?. The van der Waals surface area contributed by atoms with Crippen LogP contribution in [-0.4, -0.2) is 34.0 Å². The third-order valence-electron chi connectivity index (χ3n) is 5.26. The quantitative estimate of drug-likeness (QED) is 0.619. The lowest BCUT2D eigenvalue weighted by Gasteiger charge is -2.37. The van der Waals surface area contributed by atoms with Gasteiger partial charge in [-0.2, -0.15) is 0 Å². The van der Waals surface area contributed by atoms with E-state index in [2.05, 4.69) is 6.92 Å². The lowest BCUT2D eigenvalue weighted by Crippen LogP contribution is -2.47. The first kappa shape index (κ1) is 13.8. The molecular weight excluding hydrogens is 254 g/mol. The molecule has 20 heavy (non-hydrogen) atoms. The Balaban J connectivity index is 1.72. The van der Waals surface area contributed by atoms with Gasteiger partial charge in [0.05, 0.1) is 24.0 Å². The van der Waals surface area contributed by atoms with Gasteiger partial charge in [-0.15, -0.1) is 0 Å². The van der Waals surface area contributed by atoms with E-state index in [0.29, 0.717) is 31.6 Å². The summed E-state index contributed by atoms with van der Waals surface area (Å²) in [5.41, 5.74) is -0.862. The van der Waals surface area contributed by atoms with Crippen LogP contribution in [0.4, 0.5) is 0 Å².